The Balaban J connectivity index is 2.21. The molecular formula is C14H17N3. The molecule has 3 nitrogen and oxygen atoms in total. The van der Waals surface area contributed by atoms with Gasteiger partial charge in [0, 0.05) is 25.5 Å². The van der Waals surface area contributed by atoms with Crippen molar-refractivity contribution in [2.24, 2.45) is 0 Å². The van der Waals surface area contributed by atoms with Gasteiger partial charge in [-0.05, 0) is 30.7 Å². The molecule has 0 unspecified atom stereocenters. The Kier molecular flexibility index (Phi) is 3.60. The van der Waals surface area contributed by atoms with E-state index in [4.69, 9.17) is 5.73 Å². The fraction of sp³-hybridized carbons (Fsp3) is 0.214. The lowest BCUT2D eigenvalue weighted by molar-refractivity contribution is 0.829. The molecule has 0 aliphatic carbocycles. The van der Waals surface area contributed by atoms with Gasteiger partial charge in [0.25, 0.3) is 0 Å². The van der Waals surface area contributed by atoms with Crippen molar-refractivity contribution in [3.05, 3.63) is 54.4 Å². The van der Waals surface area contributed by atoms with Crippen LogP contribution in [-0.2, 0) is 6.54 Å². The third kappa shape index (κ3) is 2.75. The fourth-order valence-electron chi connectivity index (χ4n) is 1.85. The number of para-hydroxylation sites is 2. The maximum atomic E-state index is 5.99. The van der Waals surface area contributed by atoms with Gasteiger partial charge in [0.1, 0.15) is 0 Å². The van der Waals surface area contributed by atoms with Gasteiger partial charge in [0.2, 0.25) is 0 Å². The van der Waals surface area contributed by atoms with E-state index >= 15 is 0 Å². The minimum atomic E-state index is 0.818. The topological polar surface area (TPSA) is 42.2 Å². The summed E-state index contributed by atoms with van der Waals surface area (Å²) in [5.41, 5.74) is 9.09. The highest BCUT2D eigenvalue weighted by Gasteiger charge is 2.07. The zero-order valence-electron chi connectivity index (χ0n) is 10.0. The van der Waals surface area contributed by atoms with Gasteiger partial charge in [0.15, 0.2) is 0 Å². The average molecular weight is 227 g/mol. The maximum Gasteiger partial charge on any atom is 0.0602 e. The quantitative estimate of drug-likeness (QED) is 0.816. The van der Waals surface area contributed by atoms with E-state index in [1.54, 1.807) is 6.20 Å². The summed E-state index contributed by atoms with van der Waals surface area (Å²) in [6.45, 7) is 3.88. The van der Waals surface area contributed by atoms with Gasteiger partial charge in [-0.3, -0.25) is 4.98 Å². The summed E-state index contributed by atoms with van der Waals surface area (Å²) in [7, 11) is 0. The molecule has 1 aromatic carbocycles. The Bertz CT molecular complexity index is 468. The highest BCUT2D eigenvalue weighted by atomic mass is 15.1. The summed E-state index contributed by atoms with van der Waals surface area (Å²) in [5.74, 6) is 0. The van der Waals surface area contributed by atoms with Crippen molar-refractivity contribution < 1.29 is 0 Å². The number of aromatic nitrogens is 1. The number of benzene rings is 1. The molecule has 2 N–H and O–H groups in total. The second-order valence-electron chi connectivity index (χ2n) is 3.93. The van der Waals surface area contributed by atoms with Crippen LogP contribution in [0.5, 0.6) is 0 Å². The number of hydrogen-bond acceptors (Lipinski definition) is 3. The molecule has 17 heavy (non-hydrogen) atoms. The van der Waals surface area contributed by atoms with Gasteiger partial charge in [-0.15, -0.1) is 0 Å². The number of nitrogens with zero attached hydrogens (tertiary/aromatic N) is 2. The first-order valence-corrected chi connectivity index (χ1v) is 5.79. The fourth-order valence-corrected chi connectivity index (χ4v) is 1.85. The van der Waals surface area contributed by atoms with Gasteiger partial charge in [0.05, 0.1) is 11.4 Å². The predicted octanol–water partition coefficient (Wildman–Crippen LogP) is 2.69. The molecule has 0 saturated heterocycles. The van der Waals surface area contributed by atoms with Gasteiger partial charge in [-0.25, -0.2) is 0 Å². The average Bonchev–Trinajstić information content (AvgIpc) is 2.38. The van der Waals surface area contributed by atoms with E-state index in [9.17, 15) is 0 Å². The molecule has 0 amide bonds. The van der Waals surface area contributed by atoms with Crippen LogP contribution in [-0.4, -0.2) is 11.5 Å². The molecule has 1 aromatic heterocycles. The van der Waals surface area contributed by atoms with Crippen molar-refractivity contribution in [2.75, 3.05) is 17.2 Å². The highest BCUT2D eigenvalue weighted by molar-refractivity contribution is 5.67. The lowest BCUT2D eigenvalue weighted by Gasteiger charge is -2.24. The SMILES string of the molecule is CCN(Cc1cccnc1)c1ccccc1N. The molecule has 0 saturated carbocycles. The number of pyridine rings is 1. The molecule has 0 bridgehead atoms. The minimum absolute atomic E-state index is 0.818. The van der Waals surface area contributed by atoms with E-state index < -0.39 is 0 Å². The number of anilines is 2. The molecular weight excluding hydrogens is 210 g/mol. The highest BCUT2D eigenvalue weighted by Crippen LogP contribution is 2.23. The summed E-state index contributed by atoms with van der Waals surface area (Å²) >= 11 is 0. The molecule has 0 spiro atoms. The van der Waals surface area contributed by atoms with E-state index in [0.29, 0.717) is 0 Å². The second-order valence-corrected chi connectivity index (χ2v) is 3.93. The minimum Gasteiger partial charge on any atom is -0.397 e. The molecule has 0 fully saturated rings. The Morgan fingerprint density at radius 3 is 2.65 bits per heavy atom. The Morgan fingerprint density at radius 2 is 2.00 bits per heavy atom. The first-order chi connectivity index (χ1) is 8.31. The van der Waals surface area contributed by atoms with Crippen LogP contribution in [0.15, 0.2) is 48.8 Å². The van der Waals surface area contributed by atoms with Crippen LogP contribution in [0, 0.1) is 0 Å². The smallest absolute Gasteiger partial charge is 0.0602 e. The number of nitrogen functional groups attached to an aromatic ring is 1. The summed E-state index contributed by atoms with van der Waals surface area (Å²) in [5, 5.41) is 0. The van der Waals surface area contributed by atoms with Crippen molar-refractivity contribution in [1.82, 2.24) is 4.98 Å². The molecule has 2 rings (SSSR count). The lowest BCUT2D eigenvalue weighted by Crippen LogP contribution is -2.23. The van der Waals surface area contributed by atoms with Gasteiger partial charge in [-0.2, -0.15) is 0 Å². The van der Waals surface area contributed by atoms with Crippen LogP contribution in [0.2, 0.25) is 0 Å². The molecule has 0 aliphatic rings. The third-order valence-electron chi connectivity index (χ3n) is 2.76. The van der Waals surface area contributed by atoms with Crippen LogP contribution in [0.4, 0.5) is 11.4 Å². The van der Waals surface area contributed by atoms with Crippen LogP contribution >= 0.6 is 0 Å². The van der Waals surface area contributed by atoms with Gasteiger partial charge >= 0.3 is 0 Å². The van der Waals surface area contributed by atoms with Gasteiger partial charge in [-0.1, -0.05) is 18.2 Å². The predicted molar refractivity (Wildman–Crippen MR) is 71.8 cm³/mol. The lowest BCUT2D eigenvalue weighted by atomic mass is 10.2. The third-order valence-corrected chi connectivity index (χ3v) is 2.76. The number of rotatable bonds is 4. The second kappa shape index (κ2) is 5.34. The maximum absolute atomic E-state index is 5.99. The molecule has 0 radical (unpaired) electrons. The Morgan fingerprint density at radius 1 is 1.18 bits per heavy atom. The van der Waals surface area contributed by atoms with Crippen molar-refractivity contribution in [3.8, 4) is 0 Å². The van der Waals surface area contributed by atoms with E-state index in [0.717, 1.165) is 24.5 Å². The van der Waals surface area contributed by atoms with Crippen molar-refractivity contribution in [1.29, 1.82) is 0 Å². The van der Waals surface area contributed by atoms with E-state index in [-0.39, 0.29) is 0 Å². The standard InChI is InChI=1S/C14H17N3/c1-2-17(11-12-6-5-9-16-10-12)14-8-4-3-7-13(14)15/h3-10H,2,11,15H2,1H3. The molecule has 3 heteroatoms. The van der Waals surface area contributed by atoms with E-state index in [2.05, 4.69) is 28.9 Å². The molecule has 0 atom stereocenters. The van der Waals surface area contributed by atoms with Crippen molar-refractivity contribution in [2.45, 2.75) is 13.5 Å². The van der Waals surface area contributed by atoms with Crippen LogP contribution < -0.4 is 10.6 Å². The zero-order chi connectivity index (χ0) is 12.1. The normalized spacial score (nSPS) is 10.2. The Hall–Kier alpha value is -2.03. The molecule has 0 aliphatic heterocycles. The summed E-state index contributed by atoms with van der Waals surface area (Å²) in [6, 6.07) is 12.0. The molecule has 1 heterocycles. The summed E-state index contributed by atoms with van der Waals surface area (Å²) < 4.78 is 0. The van der Waals surface area contributed by atoms with E-state index in [1.165, 1.54) is 5.56 Å². The molecule has 88 valence electrons. The summed E-state index contributed by atoms with van der Waals surface area (Å²) in [4.78, 5) is 6.37. The first kappa shape index (κ1) is 11.5. The van der Waals surface area contributed by atoms with E-state index in [1.807, 2.05) is 30.5 Å². The number of hydrogen-bond donors (Lipinski definition) is 1. The number of nitrogens with two attached hydrogens (primary N) is 1. The Labute approximate surface area is 102 Å². The van der Waals surface area contributed by atoms with Crippen molar-refractivity contribution >= 4 is 11.4 Å². The van der Waals surface area contributed by atoms with Crippen molar-refractivity contribution in [3.63, 3.8) is 0 Å². The first-order valence-electron chi connectivity index (χ1n) is 5.79. The molecule has 2 aromatic rings. The van der Waals surface area contributed by atoms with Crippen LogP contribution in [0.3, 0.4) is 0 Å². The zero-order valence-corrected chi connectivity index (χ0v) is 10.0. The van der Waals surface area contributed by atoms with Crippen LogP contribution in [0.1, 0.15) is 12.5 Å². The largest absolute Gasteiger partial charge is 0.397 e. The van der Waals surface area contributed by atoms with Crippen LogP contribution in [0.25, 0.3) is 0 Å². The summed E-state index contributed by atoms with van der Waals surface area (Å²) in [6.07, 6.45) is 3.68. The van der Waals surface area contributed by atoms with Gasteiger partial charge < -0.3 is 10.6 Å². The monoisotopic (exact) mass is 227 g/mol.